The molecule has 2 saturated heterocycles. The summed E-state index contributed by atoms with van der Waals surface area (Å²) in [5.74, 6) is -1.41. The summed E-state index contributed by atoms with van der Waals surface area (Å²) < 4.78 is 6.47. The van der Waals surface area contributed by atoms with Crippen LogP contribution in [0.15, 0.2) is 47.9 Å². The lowest BCUT2D eigenvalue weighted by molar-refractivity contribution is -0.142. The Hall–Kier alpha value is -2.68. The maximum atomic E-state index is 14.1. The monoisotopic (exact) mass is 567 g/mol. The summed E-state index contributed by atoms with van der Waals surface area (Å²) in [7, 11) is 0. The van der Waals surface area contributed by atoms with Crippen molar-refractivity contribution in [1.29, 1.82) is 0 Å². The molecular weight excluding hydrogens is 534 g/mol. The molecule has 1 aromatic carbocycles. The van der Waals surface area contributed by atoms with Gasteiger partial charge in [0, 0.05) is 21.6 Å². The molecule has 8 unspecified atom stereocenters. The van der Waals surface area contributed by atoms with Crippen molar-refractivity contribution in [1.82, 2.24) is 10.2 Å². The van der Waals surface area contributed by atoms with Crippen LogP contribution in [0, 0.1) is 30.6 Å². The number of ether oxygens (including phenoxy) is 1. The highest BCUT2D eigenvalue weighted by molar-refractivity contribution is 7.09. The predicted molar refractivity (Wildman–Crippen MR) is 151 cm³/mol. The second kappa shape index (κ2) is 10.1. The van der Waals surface area contributed by atoms with Gasteiger partial charge in [0.05, 0.1) is 24.5 Å². The van der Waals surface area contributed by atoms with E-state index in [9.17, 15) is 14.4 Å². The first-order valence-corrected chi connectivity index (χ1v) is 15.0. The highest BCUT2D eigenvalue weighted by Gasteiger charge is 2.72. The Labute approximate surface area is 237 Å². The number of hydrogen-bond acceptors (Lipinski definition) is 5. The first-order chi connectivity index (χ1) is 18.7. The van der Waals surface area contributed by atoms with Crippen molar-refractivity contribution in [3.8, 4) is 0 Å². The summed E-state index contributed by atoms with van der Waals surface area (Å²) in [5, 5.41) is 8.75. The van der Waals surface area contributed by atoms with E-state index in [4.69, 9.17) is 16.3 Å². The Morgan fingerprint density at radius 3 is 2.77 bits per heavy atom. The lowest BCUT2D eigenvalue weighted by Gasteiger charge is -2.38. The zero-order valence-electron chi connectivity index (χ0n) is 22.4. The smallest absolute Gasteiger partial charge is 0.246 e. The normalized spacial score (nSPS) is 34.8. The molecule has 0 radical (unpaired) electrons. The Bertz CT molecular complexity index is 1330. The Morgan fingerprint density at radius 1 is 1.21 bits per heavy atom. The molecule has 8 atom stereocenters. The lowest BCUT2D eigenvalue weighted by Crippen LogP contribution is -2.57. The SMILES string of the molecule is Cc1ccc(NC(=O)C2C3C=CC4(O3)C2C(=O)N(Cc2cccs2)C4C(=O)NC2CCCC(C)C2C)cc1Cl. The van der Waals surface area contributed by atoms with E-state index in [0.717, 1.165) is 29.7 Å². The number of carbonyl (C=O) groups is 3. The zero-order valence-corrected chi connectivity index (χ0v) is 23.9. The highest BCUT2D eigenvalue weighted by Crippen LogP contribution is 2.55. The number of nitrogens with zero attached hydrogens (tertiary/aromatic N) is 1. The van der Waals surface area contributed by atoms with Gasteiger partial charge in [-0.15, -0.1) is 11.3 Å². The number of halogens is 1. The Morgan fingerprint density at radius 2 is 2.03 bits per heavy atom. The van der Waals surface area contributed by atoms with Crippen LogP contribution in [-0.4, -0.2) is 46.4 Å². The molecule has 1 aliphatic carbocycles. The number of carbonyl (C=O) groups excluding carboxylic acids is 3. The number of likely N-dealkylation sites (tertiary alicyclic amines) is 1. The fourth-order valence-electron chi connectivity index (χ4n) is 6.95. The van der Waals surface area contributed by atoms with E-state index in [0.29, 0.717) is 29.1 Å². The van der Waals surface area contributed by atoms with Gasteiger partial charge in [-0.2, -0.15) is 0 Å². The van der Waals surface area contributed by atoms with Crippen molar-refractivity contribution >= 4 is 46.3 Å². The van der Waals surface area contributed by atoms with E-state index in [1.54, 1.807) is 28.4 Å². The molecule has 2 aromatic rings. The number of anilines is 1. The molecule has 206 valence electrons. The van der Waals surface area contributed by atoms with E-state index in [-0.39, 0.29) is 23.8 Å². The standard InChI is InChI=1S/C30H34ClN3O4S/c1-16-6-4-8-22(18(16)3)33-28(36)26-30-12-11-23(38-30)24(27(35)32-19-10-9-17(2)21(31)14-19)25(30)29(37)34(26)15-20-7-5-13-39-20/h5,7,9-14,16,18,22-26H,4,6,8,15H2,1-3H3,(H,32,35)(H,33,36). The molecular formula is C30H34ClN3O4S. The van der Waals surface area contributed by atoms with Crippen LogP contribution in [-0.2, 0) is 25.7 Å². The number of nitrogens with one attached hydrogen (secondary N) is 2. The maximum Gasteiger partial charge on any atom is 0.246 e. The van der Waals surface area contributed by atoms with E-state index >= 15 is 0 Å². The molecule has 6 rings (SSSR count). The minimum absolute atomic E-state index is 0.0448. The predicted octanol–water partition coefficient (Wildman–Crippen LogP) is 4.94. The van der Waals surface area contributed by atoms with Crippen molar-refractivity contribution in [2.24, 2.45) is 23.7 Å². The van der Waals surface area contributed by atoms with Crippen LogP contribution in [0.5, 0.6) is 0 Å². The molecule has 3 fully saturated rings. The fourth-order valence-corrected chi connectivity index (χ4v) is 7.83. The topological polar surface area (TPSA) is 87.7 Å². The number of benzene rings is 1. The third-order valence-electron chi connectivity index (χ3n) is 9.31. The molecule has 39 heavy (non-hydrogen) atoms. The molecule has 9 heteroatoms. The molecule has 7 nitrogen and oxygen atoms in total. The number of aryl methyl sites for hydroxylation is 1. The van der Waals surface area contributed by atoms with Crippen molar-refractivity contribution in [2.75, 3.05) is 5.32 Å². The molecule has 1 spiro atoms. The summed E-state index contributed by atoms with van der Waals surface area (Å²) in [6, 6.07) is 8.43. The minimum Gasteiger partial charge on any atom is -0.359 e. The Kier molecular flexibility index (Phi) is 6.84. The number of thiophene rings is 1. The average Bonchev–Trinajstić information content (AvgIpc) is 3.67. The number of rotatable bonds is 6. The molecule has 2 bridgehead atoms. The highest BCUT2D eigenvalue weighted by atomic mass is 35.5. The van der Waals surface area contributed by atoms with E-state index < -0.39 is 29.6 Å². The third kappa shape index (κ3) is 4.41. The van der Waals surface area contributed by atoms with Crippen LogP contribution >= 0.6 is 22.9 Å². The van der Waals surface area contributed by atoms with Crippen LogP contribution in [0.4, 0.5) is 5.69 Å². The number of amides is 3. The van der Waals surface area contributed by atoms with Crippen LogP contribution in [0.25, 0.3) is 0 Å². The van der Waals surface area contributed by atoms with Crippen molar-refractivity contribution in [2.45, 2.75) is 70.4 Å². The van der Waals surface area contributed by atoms with Crippen LogP contribution in [0.1, 0.15) is 43.6 Å². The summed E-state index contributed by atoms with van der Waals surface area (Å²) in [4.78, 5) is 44.5. The van der Waals surface area contributed by atoms with Crippen molar-refractivity contribution < 1.29 is 19.1 Å². The zero-order chi connectivity index (χ0) is 27.5. The molecule has 1 aromatic heterocycles. The Balaban J connectivity index is 1.31. The molecule has 2 N–H and O–H groups in total. The van der Waals surface area contributed by atoms with E-state index in [1.165, 1.54) is 0 Å². The second-order valence-electron chi connectivity index (χ2n) is 11.6. The van der Waals surface area contributed by atoms with Gasteiger partial charge < -0.3 is 20.3 Å². The number of hydrogen-bond donors (Lipinski definition) is 2. The van der Waals surface area contributed by atoms with Gasteiger partial charge in [0.25, 0.3) is 0 Å². The van der Waals surface area contributed by atoms with Gasteiger partial charge >= 0.3 is 0 Å². The maximum absolute atomic E-state index is 14.1. The molecule has 3 aliphatic heterocycles. The lowest BCUT2D eigenvalue weighted by atomic mass is 9.73. The van der Waals surface area contributed by atoms with Crippen LogP contribution in [0.3, 0.4) is 0 Å². The first-order valence-electron chi connectivity index (χ1n) is 13.8. The summed E-state index contributed by atoms with van der Waals surface area (Å²) >= 11 is 7.82. The molecule has 4 heterocycles. The van der Waals surface area contributed by atoms with Gasteiger partial charge in [-0.3, -0.25) is 14.4 Å². The van der Waals surface area contributed by atoms with E-state index in [2.05, 4.69) is 24.5 Å². The van der Waals surface area contributed by atoms with Gasteiger partial charge in [-0.1, -0.05) is 62.6 Å². The van der Waals surface area contributed by atoms with Gasteiger partial charge in [-0.05, 0) is 54.3 Å². The summed E-state index contributed by atoms with van der Waals surface area (Å²) in [6.45, 7) is 6.61. The molecule has 3 amide bonds. The largest absolute Gasteiger partial charge is 0.359 e. The van der Waals surface area contributed by atoms with Gasteiger partial charge in [-0.25, -0.2) is 0 Å². The molecule has 4 aliphatic rings. The van der Waals surface area contributed by atoms with Crippen LogP contribution < -0.4 is 10.6 Å². The van der Waals surface area contributed by atoms with Crippen molar-refractivity contribution in [3.05, 3.63) is 63.3 Å². The fraction of sp³-hybridized carbons (Fsp3) is 0.500. The second-order valence-corrected chi connectivity index (χ2v) is 13.0. The number of fused-ring (bicyclic) bond motifs is 1. The minimum atomic E-state index is -1.18. The summed E-state index contributed by atoms with van der Waals surface area (Å²) in [5.41, 5.74) is 0.289. The van der Waals surface area contributed by atoms with Gasteiger partial charge in [0.1, 0.15) is 11.6 Å². The van der Waals surface area contributed by atoms with Crippen molar-refractivity contribution in [3.63, 3.8) is 0 Å². The van der Waals surface area contributed by atoms with Gasteiger partial charge in [0.2, 0.25) is 17.7 Å². The summed E-state index contributed by atoms with van der Waals surface area (Å²) in [6.07, 6.45) is 6.27. The first kappa shape index (κ1) is 26.5. The molecule has 1 saturated carbocycles. The van der Waals surface area contributed by atoms with Gasteiger partial charge in [0.15, 0.2) is 0 Å². The third-order valence-corrected chi connectivity index (χ3v) is 10.6. The quantitative estimate of drug-likeness (QED) is 0.484. The van der Waals surface area contributed by atoms with E-state index in [1.807, 2.05) is 42.7 Å². The average molecular weight is 568 g/mol. The van der Waals surface area contributed by atoms with Crippen LogP contribution in [0.2, 0.25) is 5.02 Å².